The number of nitrogens with one attached hydrogen (secondary N) is 1. The van der Waals surface area contributed by atoms with Crippen LogP contribution in [-0.2, 0) is 6.54 Å². The molecular formula is C15H13BrN2O3. The molecule has 1 amide bonds. The first kappa shape index (κ1) is 15.1. The number of nitrogens with two attached hydrogens (primary N) is 1. The van der Waals surface area contributed by atoms with Crippen LogP contribution in [0.15, 0.2) is 46.9 Å². The molecule has 0 atom stereocenters. The predicted octanol–water partition coefficient (Wildman–Crippen LogP) is 2.86. The van der Waals surface area contributed by atoms with Gasteiger partial charge in [0.05, 0.1) is 5.56 Å². The summed E-state index contributed by atoms with van der Waals surface area (Å²) in [5.41, 5.74) is 7.66. The molecule has 5 nitrogen and oxygen atoms in total. The highest BCUT2D eigenvalue weighted by atomic mass is 79.9. The van der Waals surface area contributed by atoms with Crippen molar-refractivity contribution in [3.8, 4) is 0 Å². The van der Waals surface area contributed by atoms with Crippen LogP contribution in [-0.4, -0.2) is 17.0 Å². The molecule has 108 valence electrons. The molecule has 0 heterocycles. The van der Waals surface area contributed by atoms with Crippen LogP contribution < -0.4 is 11.1 Å². The highest BCUT2D eigenvalue weighted by molar-refractivity contribution is 9.10. The number of hydrogen-bond acceptors (Lipinski definition) is 3. The number of primary amides is 1. The molecule has 0 aliphatic rings. The van der Waals surface area contributed by atoms with Gasteiger partial charge in [0.2, 0.25) is 5.91 Å². The van der Waals surface area contributed by atoms with Crippen LogP contribution in [0, 0.1) is 0 Å². The van der Waals surface area contributed by atoms with Crippen LogP contribution in [0.5, 0.6) is 0 Å². The predicted molar refractivity (Wildman–Crippen MR) is 83.4 cm³/mol. The summed E-state index contributed by atoms with van der Waals surface area (Å²) in [6.07, 6.45) is 0. The number of amides is 1. The first-order chi connectivity index (χ1) is 9.97. The largest absolute Gasteiger partial charge is 0.478 e. The van der Waals surface area contributed by atoms with Crippen molar-refractivity contribution < 1.29 is 14.7 Å². The quantitative estimate of drug-likeness (QED) is 0.774. The number of hydrogen-bond donors (Lipinski definition) is 3. The third-order valence-electron chi connectivity index (χ3n) is 2.94. The average Bonchev–Trinajstić information content (AvgIpc) is 2.46. The van der Waals surface area contributed by atoms with Crippen LogP contribution >= 0.6 is 15.9 Å². The molecule has 2 aromatic carbocycles. The zero-order valence-electron chi connectivity index (χ0n) is 11.0. The van der Waals surface area contributed by atoms with Crippen molar-refractivity contribution in [3.05, 3.63) is 63.6 Å². The smallest absolute Gasteiger partial charge is 0.335 e. The number of rotatable bonds is 5. The molecule has 0 radical (unpaired) electrons. The van der Waals surface area contributed by atoms with Gasteiger partial charge < -0.3 is 16.2 Å². The van der Waals surface area contributed by atoms with Crippen LogP contribution in [0.2, 0.25) is 0 Å². The number of carboxylic acid groups (broad SMARTS) is 1. The van der Waals surface area contributed by atoms with Crippen LogP contribution in [0.25, 0.3) is 0 Å². The monoisotopic (exact) mass is 348 g/mol. The highest BCUT2D eigenvalue weighted by Crippen LogP contribution is 2.24. The van der Waals surface area contributed by atoms with Gasteiger partial charge in [0.15, 0.2) is 0 Å². The Morgan fingerprint density at radius 2 is 1.71 bits per heavy atom. The van der Waals surface area contributed by atoms with Gasteiger partial charge in [-0.15, -0.1) is 0 Å². The van der Waals surface area contributed by atoms with Gasteiger partial charge in [-0.3, -0.25) is 4.79 Å². The number of carbonyl (C=O) groups excluding carboxylic acids is 1. The summed E-state index contributed by atoms with van der Waals surface area (Å²) in [4.78, 5) is 21.8. The second kappa shape index (κ2) is 6.41. The van der Waals surface area contributed by atoms with Gasteiger partial charge in [0.1, 0.15) is 0 Å². The second-order valence-electron chi connectivity index (χ2n) is 4.41. The molecular weight excluding hydrogens is 336 g/mol. The Kier molecular flexibility index (Phi) is 4.59. The first-order valence-electron chi connectivity index (χ1n) is 6.13. The molecule has 0 aliphatic carbocycles. The number of carboxylic acids is 1. The van der Waals surface area contributed by atoms with Crippen molar-refractivity contribution in [2.24, 2.45) is 5.73 Å². The summed E-state index contributed by atoms with van der Waals surface area (Å²) in [5.74, 6) is -1.43. The molecule has 0 fully saturated rings. The molecule has 6 heteroatoms. The lowest BCUT2D eigenvalue weighted by Crippen LogP contribution is -2.11. The van der Waals surface area contributed by atoms with E-state index in [1.54, 1.807) is 42.5 Å². The van der Waals surface area contributed by atoms with Gasteiger partial charge in [-0.2, -0.15) is 0 Å². The minimum Gasteiger partial charge on any atom is -0.478 e. The Balaban J connectivity index is 2.06. The Morgan fingerprint density at radius 1 is 1.10 bits per heavy atom. The fourth-order valence-corrected chi connectivity index (χ4v) is 2.29. The molecule has 0 saturated heterocycles. The van der Waals surface area contributed by atoms with E-state index < -0.39 is 11.9 Å². The Labute approximate surface area is 129 Å². The lowest BCUT2D eigenvalue weighted by atomic mass is 10.1. The summed E-state index contributed by atoms with van der Waals surface area (Å²) in [6, 6.07) is 11.7. The average molecular weight is 349 g/mol. The molecule has 0 aliphatic heterocycles. The third-order valence-corrected chi connectivity index (χ3v) is 3.59. The molecule has 4 N–H and O–H groups in total. The van der Waals surface area contributed by atoms with Crippen molar-refractivity contribution in [2.45, 2.75) is 6.54 Å². The second-order valence-corrected chi connectivity index (χ2v) is 5.27. The SMILES string of the molecule is NC(=O)c1ccc(NCc2ccc(C(=O)O)cc2)c(Br)c1. The van der Waals surface area contributed by atoms with Crippen LogP contribution in [0.4, 0.5) is 5.69 Å². The molecule has 2 rings (SSSR count). The Bertz CT molecular complexity index is 684. The van der Waals surface area contributed by atoms with E-state index in [1.807, 2.05) is 0 Å². The topological polar surface area (TPSA) is 92.4 Å². The van der Waals surface area contributed by atoms with Crippen molar-refractivity contribution in [1.29, 1.82) is 0 Å². The van der Waals surface area contributed by atoms with E-state index in [0.29, 0.717) is 12.1 Å². The summed E-state index contributed by atoms with van der Waals surface area (Å²) >= 11 is 3.37. The number of anilines is 1. The number of carbonyl (C=O) groups is 2. The van der Waals surface area contributed by atoms with E-state index >= 15 is 0 Å². The first-order valence-corrected chi connectivity index (χ1v) is 6.92. The zero-order valence-corrected chi connectivity index (χ0v) is 12.6. The molecule has 2 aromatic rings. The van der Waals surface area contributed by atoms with Crippen molar-refractivity contribution in [1.82, 2.24) is 0 Å². The van der Waals surface area contributed by atoms with E-state index in [2.05, 4.69) is 21.2 Å². The minimum atomic E-state index is -0.945. The lowest BCUT2D eigenvalue weighted by Gasteiger charge is -2.09. The highest BCUT2D eigenvalue weighted by Gasteiger charge is 2.06. The molecule has 0 aromatic heterocycles. The molecule has 21 heavy (non-hydrogen) atoms. The molecule has 0 spiro atoms. The fourth-order valence-electron chi connectivity index (χ4n) is 1.77. The number of benzene rings is 2. The van der Waals surface area contributed by atoms with Crippen molar-refractivity contribution in [2.75, 3.05) is 5.32 Å². The fraction of sp³-hybridized carbons (Fsp3) is 0.0667. The van der Waals surface area contributed by atoms with Gasteiger partial charge in [0.25, 0.3) is 0 Å². The van der Waals surface area contributed by atoms with Crippen molar-refractivity contribution >= 4 is 33.5 Å². The van der Waals surface area contributed by atoms with Gasteiger partial charge in [-0.05, 0) is 51.8 Å². The van der Waals surface area contributed by atoms with Crippen molar-refractivity contribution in [3.63, 3.8) is 0 Å². The van der Waals surface area contributed by atoms with E-state index in [0.717, 1.165) is 15.7 Å². The third kappa shape index (κ3) is 3.82. The van der Waals surface area contributed by atoms with Gasteiger partial charge >= 0.3 is 5.97 Å². The van der Waals surface area contributed by atoms with Crippen LogP contribution in [0.3, 0.4) is 0 Å². The number of halogens is 1. The summed E-state index contributed by atoms with van der Waals surface area (Å²) in [6.45, 7) is 0.536. The van der Waals surface area contributed by atoms with Crippen LogP contribution in [0.1, 0.15) is 26.3 Å². The lowest BCUT2D eigenvalue weighted by molar-refractivity contribution is 0.0696. The van der Waals surface area contributed by atoms with E-state index in [-0.39, 0.29) is 5.56 Å². The molecule has 0 saturated carbocycles. The number of aromatic carboxylic acids is 1. The maximum Gasteiger partial charge on any atom is 0.335 e. The summed E-state index contributed by atoms with van der Waals surface area (Å²) < 4.78 is 0.737. The molecule has 0 unspecified atom stereocenters. The maximum absolute atomic E-state index is 11.1. The minimum absolute atomic E-state index is 0.255. The summed E-state index contributed by atoms with van der Waals surface area (Å²) in [5, 5.41) is 12.0. The molecule has 0 bridgehead atoms. The normalized spacial score (nSPS) is 10.1. The van der Waals surface area contributed by atoms with E-state index in [4.69, 9.17) is 10.8 Å². The summed E-state index contributed by atoms with van der Waals surface area (Å²) in [7, 11) is 0. The Morgan fingerprint density at radius 3 is 2.24 bits per heavy atom. The van der Waals surface area contributed by atoms with Gasteiger partial charge in [-0.1, -0.05) is 12.1 Å². The van der Waals surface area contributed by atoms with E-state index in [1.165, 1.54) is 0 Å². The zero-order chi connectivity index (χ0) is 15.4. The Hall–Kier alpha value is -2.34. The van der Waals surface area contributed by atoms with Gasteiger partial charge in [0, 0.05) is 22.3 Å². The van der Waals surface area contributed by atoms with E-state index in [9.17, 15) is 9.59 Å². The standard InChI is InChI=1S/C15H13BrN2O3/c16-12-7-11(14(17)19)5-6-13(12)18-8-9-1-3-10(4-2-9)15(20)21/h1-7,18H,8H2,(H2,17,19)(H,20,21). The maximum atomic E-state index is 11.1. The van der Waals surface area contributed by atoms with Gasteiger partial charge in [-0.25, -0.2) is 4.79 Å².